The second-order valence-electron chi connectivity index (χ2n) is 3.61. The van der Waals surface area contributed by atoms with E-state index in [0.29, 0.717) is 18.8 Å². The fourth-order valence-corrected chi connectivity index (χ4v) is 2.49. The molecular formula is C11H19ClN2O3S. The van der Waals surface area contributed by atoms with Gasteiger partial charge in [0.2, 0.25) is 10.0 Å². The SMILES string of the molecule is CNCCN(C)S(=O)(=O)c1ccc(OC)cc1.Cl. The third-order valence-electron chi connectivity index (χ3n) is 2.44. The van der Waals surface area contributed by atoms with E-state index >= 15 is 0 Å². The van der Waals surface area contributed by atoms with Gasteiger partial charge in [0.25, 0.3) is 0 Å². The molecule has 0 heterocycles. The second kappa shape index (κ2) is 7.58. The van der Waals surface area contributed by atoms with Crippen LogP contribution in [0.3, 0.4) is 0 Å². The summed E-state index contributed by atoms with van der Waals surface area (Å²) >= 11 is 0. The van der Waals surface area contributed by atoms with Gasteiger partial charge in [-0.1, -0.05) is 0 Å². The maximum Gasteiger partial charge on any atom is 0.242 e. The van der Waals surface area contributed by atoms with Gasteiger partial charge in [-0.25, -0.2) is 8.42 Å². The number of likely N-dealkylation sites (N-methyl/N-ethyl adjacent to an activating group) is 2. The smallest absolute Gasteiger partial charge is 0.242 e. The Hall–Kier alpha value is -0.820. The van der Waals surface area contributed by atoms with Gasteiger partial charge in [0, 0.05) is 20.1 Å². The fraction of sp³-hybridized carbons (Fsp3) is 0.455. The molecule has 0 bridgehead atoms. The van der Waals surface area contributed by atoms with Gasteiger partial charge >= 0.3 is 0 Å². The van der Waals surface area contributed by atoms with Crippen molar-refractivity contribution in [1.29, 1.82) is 0 Å². The average Bonchev–Trinajstić information content (AvgIpc) is 2.35. The molecule has 0 aliphatic carbocycles. The van der Waals surface area contributed by atoms with Crippen molar-refractivity contribution in [2.24, 2.45) is 0 Å². The van der Waals surface area contributed by atoms with Crippen LogP contribution in [0, 0.1) is 0 Å². The summed E-state index contributed by atoms with van der Waals surface area (Å²) < 4.78 is 30.5. The molecule has 0 radical (unpaired) electrons. The minimum atomic E-state index is -3.40. The Kier molecular flexibility index (Phi) is 7.23. The molecule has 0 saturated carbocycles. The van der Waals surface area contributed by atoms with Gasteiger partial charge in [-0.15, -0.1) is 12.4 Å². The van der Waals surface area contributed by atoms with Gasteiger partial charge in [-0.3, -0.25) is 0 Å². The van der Waals surface area contributed by atoms with Crippen LogP contribution in [0.2, 0.25) is 0 Å². The van der Waals surface area contributed by atoms with Crippen molar-refractivity contribution in [3.63, 3.8) is 0 Å². The Labute approximate surface area is 115 Å². The first-order chi connectivity index (χ1) is 8.02. The van der Waals surface area contributed by atoms with Gasteiger partial charge in [-0.05, 0) is 31.3 Å². The average molecular weight is 295 g/mol. The number of nitrogens with zero attached hydrogens (tertiary/aromatic N) is 1. The minimum Gasteiger partial charge on any atom is -0.497 e. The lowest BCUT2D eigenvalue weighted by atomic mass is 10.3. The summed E-state index contributed by atoms with van der Waals surface area (Å²) in [4.78, 5) is 0.275. The quantitative estimate of drug-likeness (QED) is 0.849. The van der Waals surface area contributed by atoms with Crippen LogP contribution in [0.5, 0.6) is 5.75 Å². The molecule has 0 saturated heterocycles. The van der Waals surface area contributed by atoms with Crippen molar-refractivity contribution in [1.82, 2.24) is 9.62 Å². The molecule has 1 N–H and O–H groups in total. The maximum atomic E-state index is 12.1. The van der Waals surface area contributed by atoms with E-state index in [4.69, 9.17) is 4.74 Å². The third-order valence-corrected chi connectivity index (χ3v) is 4.32. The van der Waals surface area contributed by atoms with E-state index in [2.05, 4.69) is 5.32 Å². The Balaban J connectivity index is 0.00000289. The molecule has 0 aliphatic rings. The maximum absolute atomic E-state index is 12.1. The largest absolute Gasteiger partial charge is 0.497 e. The third kappa shape index (κ3) is 4.13. The second-order valence-corrected chi connectivity index (χ2v) is 5.65. The first kappa shape index (κ1) is 17.2. The molecule has 5 nitrogen and oxygen atoms in total. The topological polar surface area (TPSA) is 58.6 Å². The van der Waals surface area contributed by atoms with E-state index in [9.17, 15) is 8.42 Å². The molecule has 104 valence electrons. The summed E-state index contributed by atoms with van der Waals surface area (Å²) in [7, 11) is 1.50. The molecule has 1 rings (SSSR count). The molecule has 0 atom stereocenters. The van der Waals surface area contributed by atoms with Crippen LogP contribution in [-0.4, -0.2) is 47.0 Å². The number of nitrogens with one attached hydrogen (secondary N) is 1. The van der Waals surface area contributed by atoms with Crippen LogP contribution >= 0.6 is 12.4 Å². The highest BCUT2D eigenvalue weighted by Crippen LogP contribution is 2.18. The van der Waals surface area contributed by atoms with Gasteiger partial charge in [0.15, 0.2) is 0 Å². The van der Waals surface area contributed by atoms with Crippen LogP contribution in [-0.2, 0) is 10.0 Å². The number of halogens is 1. The number of sulfonamides is 1. The molecule has 1 aromatic rings. The first-order valence-corrected chi connectivity index (χ1v) is 6.71. The molecule has 0 amide bonds. The molecule has 18 heavy (non-hydrogen) atoms. The summed E-state index contributed by atoms with van der Waals surface area (Å²) in [6.07, 6.45) is 0. The van der Waals surface area contributed by atoms with Crippen LogP contribution in [0.25, 0.3) is 0 Å². The highest BCUT2D eigenvalue weighted by molar-refractivity contribution is 7.89. The van der Waals surface area contributed by atoms with Gasteiger partial charge in [0.1, 0.15) is 5.75 Å². The van der Waals surface area contributed by atoms with Gasteiger partial charge in [0.05, 0.1) is 12.0 Å². The Bertz CT molecular complexity index is 448. The highest BCUT2D eigenvalue weighted by Gasteiger charge is 2.19. The van der Waals surface area contributed by atoms with Crippen molar-refractivity contribution in [3.05, 3.63) is 24.3 Å². The molecule has 1 aromatic carbocycles. The van der Waals surface area contributed by atoms with E-state index < -0.39 is 10.0 Å². The summed E-state index contributed by atoms with van der Waals surface area (Å²) in [6.45, 7) is 1.05. The van der Waals surface area contributed by atoms with Crippen molar-refractivity contribution in [3.8, 4) is 5.75 Å². The van der Waals surface area contributed by atoms with Crippen molar-refractivity contribution >= 4 is 22.4 Å². The van der Waals surface area contributed by atoms with E-state index in [1.165, 1.54) is 4.31 Å². The molecule has 7 heteroatoms. The fourth-order valence-electron chi connectivity index (χ4n) is 1.32. The van der Waals surface area contributed by atoms with Crippen molar-refractivity contribution < 1.29 is 13.2 Å². The molecule has 0 unspecified atom stereocenters. The number of methoxy groups -OCH3 is 1. The monoisotopic (exact) mass is 294 g/mol. The highest BCUT2D eigenvalue weighted by atomic mass is 35.5. The van der Waals surface area contributed by atoms with E-state index in [-0.39, 0.29) is 17.3 Å². The van der Waals surface area contributed by atoms with Gasteiger partial charge < -0.3 is 10.1 Å². The number of hydrogen-bond acceptors (Lipinski definition) is 4. The summed E-state index contributed by atoms with van der Waals surface area (Å²) in [5.41, 5.74) is 0. The number of ether oxygens (including phenoxy) is 1. The standard InChI is InChI=1S/C11H18N2O3S.ClH/c1-12-8-9-13(2)17(14,15)11-6-4-10(16-3)5-7-11;/h4-7,12H,8-9H2,1-3H3;1H. The molecule has 0 aliphatic heterocycles. The van der Waals surface area contributed by atoms with E-state index in [1.54, 1.807) is 45.5 Å². The number of hydrogen-bond donors (Lipinski definition) is 1. The zero-order chi connectivity index (χ0) is 12.9. The van der Waals surface area contributed by atoms with Crippen LogP contribution < -0.4 is 10.1 Å². The lowest BCUT2D eigenvalue weighted by Crippen LogP contribution is -2.32. The molecule has 0 fully saturated rings. The van der Waals surface area contributed by atoms with Crippen LogP contribution in [0.15, 0.2) is 29.2 Å². The molecule has 0 spiro atoms. The van der Waals surface area contributed by atoms with Crippen molar-refractivity contribution in [2.45, 2.75) is 4.90 Å². The molecular weight excluding hydrogens is 276 g/mol. The van der Waals surface area contributed by atoms with Crippen LogP contribution in [0.4, 0.5) is 0 Å². The van der Waals surface area contributed by atoms with E-state index in [1.807, 2.05) is 0 Å². The molecule has 0 aromatic heterocycles. The Morgan fingerprint density at radius 1 is 1.28 bits per heavy atom. The summed E-state index contributed by atoms with van der Waals surface area (Å²) in [5, 5.41) is 2.91. The summed E-state index contributed by atoms with van der Waals surface area (Å²) in [6, 6.07) is 6.37. The van der Waals surface area contributed by atoms with Crippen molar-refractivity contribution in [2.75, 3.05) is 34.3 Å². The lowest BCUT2D eigenvalue weighted by molar-refractivity contribution is 0.414. The van der Waals surface area contributed by atoms with Crippen LogP contribution in [0.1, 0.15) is 0 Å². The Morgan fingerprint density at radius 2 is 1.83 bits per heavy atom. The zero-order valence-corrected chi connectivity index (χ0v) is 12.3. The normalized spacial score (nSPS) is 11.1. The van der Waals surface area contributed by atoms with E-state index in [0.717, 1.165) is 0 Å². The first-order valence-electron chi connectivity index (χ1n) is 5.27. The lowest BCUT2D eigenvalue weighted by Gasteiger charge is -2.17. The number of benzene rings is 1. The predicted octanol–water partition coefficient (Wildman–Crippen LogP) is 0.957. The number of rotatable bonds is 6. The summed E-state index contributed by atoms with van der Waals surface area (Å²) in [5.74, 6) is 0.641. The Morgan fingerprint density at radius 3 is 2.28 bits per heavy atom. The zero-order valence-electron chi connectivity index (χ0n) is 10.7. The predicted molar refractivity (Wildman–Crippen MR) is 74.0 cm³/mol. The minimum absolute atomic E-state index is 0. The van der Waals surface area contributed by atoms with Gasteiger partial charge in [-0.2, -0.15) is 4.31 Å².